The second-order valence-corrected chi connectivity index (χ2v) is 4.06. The zero-order valence-corrected chi connectivity index (χ0v) is 9.45. The lowest BCUT2D eigenvalue weighted by Crippen LogP contribution is -2.39. The van der Waals surface area contributed by atoms with Gasteiger partial charge in [0.1, 0.15) is 6.34 Å². The molecule has 1 unspecified atom stereocenters. The van der Waals surface area contributed by atoms with E-state index in [0.29, 0.717) is 6.04 Å². The van der Waals surface area contributed by atoms with Gasteiger partial charge in [-0.25, -0.2) is 0 Å². The SMILES string of the molecule is CCCN1N=CN(C(C)C)C1Br. The van der Waals surface area contributed by atoms with Gasteiger partial charge in [-0.3, -0.25) is 5.01 Å². The van der Waals surface area contributed by atoms with Crippen molar-refractivity contribution < 1.29 is 0 Å². The summed E-state index contributed by atoms with van der Waals surface area (Å²) in [6.07, 6.45) is 3.03. The molecule has 0 aromatic carbocycles. The predicted molar refractivity (Wildman–Crippen MR) is 55.2 cm³/mol. The third-order valence-corrected chi connectivity index (χ3v) is 2.82. The van der Waals surface area contributed by atoms with Gasteiger partial charge >= 0.3 is 0 Å². The fourth-order valence-corrected chi connectivity index (χ4v) is 2.05. The van der Waals surface area contributed by atoms with Crippen molar-refractivity contribution in [3.63, 3.8) is 0 Å². The van der Waals surface area contributed by atoms with E-state index in [9.17, 15) is 0 Å². The summed E-state index contributed by atoms with van der Waals surface area (Å²) in [7, 11) is 0. The largest absolute Gasteiger partial charge is 0.328 e. The van der Waals surface area contributed by atoms with Gasteiger partial charge in [0.25, 0.3) is 0 Å². The Labute approximate surface area is 82.5 Å². The van der Waals surface area contributed by atoms with Crippen LogP contribution in [0.15, 0.2) is 5.10 Å². The lowest BCUT2D eigenvalue weighted by molar-refractivity contribution is 0.190. The van der Waals surface area contributed by atoms with E-state index in [4.69, 9.17) is 0 Å². The van der Waals surface area contributed by atoms with E-state index in [1.807, 2.05) is 6.34 Å². The van der Waals surface area contributed by atoms with Crippen LogP contribution in [0, 0.1) is 0 Å². The summed E-state index contributed by atoms with van der Waals surface area (Å²) in [6.45, 7) is 7.49. The van der Waals surface area contributed by atoms with E-state index in [1.165, 1.54) is 0 Å². The first kappa shape index (κ1) is 9.84. The van der Waals surface area contributed by atoms with Crippen molar-refractivity contribution in [3.05, 3.63) is 0 Å². The molecule has 1 aliphatic rings. The van der Waals surface area contributed by atoms with Crippen molar-refractivity contribution in [2.45, 2.75) is 38.3 Å². The minimum Gasteiger partial charge on any atom is -0.328 e. The van der Waals surface area contributed by atoms with Crippen LogP contribution in [0.5, 0.6) is 0 Å². The average Bonchev–Trinajstić information content (AvgIpc) is 2.34. The number of halogens is 1. The van der Waals surface area contributed by atoms with E-state index in [0.717, 1.165) is 13.0 Å². The van der Waals surface area contributed by atoms with Crippen molar-refractivity contribution in [3.8, 4) is 0 Å². The number of alkyl halides is 1. The number of rotatable bonds is 3. The quantitative estimate of drug-likeness (QED) is 0.549. The van der Waals surface area contributed by atoms with Gasteiger partial charge in [0.2, 0.25) is 0 Å². The summed E-state index contributed by atoms with van der Waals surface area (Å²) < 4.78 is 0. The van der Waals surface area contributed by atoms with Crippen LogP contribution in [0.4, 0.5) is 0 Å². The van der Waals surface area contributed by atoms with E-state index in [-0.39, 0.29) is 5.08 Å². The Bertz CT molecular complexity index is 170. The first-order chi connectivity index (χ1) is 5.66. The first-order valence-corrected chi connectivity index (χ1v) is 5.30. The fourth-order valence-electron chi connectivity index (χ4n) is 1.16. The number of nitrogens with zero attached hydrogens (tertiary/aromatic N) is 3. The molecule has 1 atom stereocenters. The van der Waals surface area contributed by atoms with Crippen LogP contribution in [0.3, 0.4) is 0 Å². The van der Waals surface area contributed by atoms with Gasteiger partial charge in [-0.1, -0.05) is 6.92 Å². The third-order valence-electron chi connectivity index (χ3n) is 1.87. The summed E-state index contributed by atoms with van der Waals surface area (Å²) in [5.74, 6) is 0. The predicted octanol–water partition coefficient (Wildman–Crippen LogP) is 2.04. The maximum Gasteiger partial charge on any atom is 0.176 e. The van der Waals surface area contributed by atoms with Crippen molar-refractivity contribution in [1.29, 1.82) is 0 Å². The molecule has 70 valence electrons. The lowest BCUT2D eigenvalue weighted by Gasteiger charge is -2.28. The van der Waals surface area contributed by atoms with Crippen LogP contribution in [-0.4, -0.2) is 33.9 Å². The zero-order chi connectivity index (χ0) is 9.14. The molecular formula is C8H16BrN3. The van der Waals surface area contributed by atoms with Crippen LogP contribution in [0.1, 0.15) is 27.2 Å². The second-order valence-electron chi connectivity index (χ2n) is 3.25. The summed E-state index contributed by atoms with van der Waals surface area (Å²) in [4.78, 5) is 2.19. The Morgan fingerprint density at radius 2 is 2.25 bits per heavy atom. The molecule has 0 saturated heterocycles. The van der Waals surface area contributed by atoms with Crippen molar-refractivity contribution in [1.82, 2.24) is 9.91 Å². The molecule has 0 aromatic heterocycles. The minimum atomic E-state index is 0.248. The molecule has 4 heteroatoms. The highest BCUT2D eigenvalue weighted by Gasteiger charge is 2.25. The van der Waals surface area contributed by atoms with Crippen LogP contribution in [-0.2, 0) is 0 Å². The lowest BCUT2D eigenvalue weighted by atomic mass is 10.4. The summed E-state index contributed by atoms with van der Waals surface area (Å²) in [5.41, 5.74) is 0. The molecule has 1 heterocycles. The van der Waals surface area contributed by atoms with Crippen LogP contribution in [0.2, 0.25) is 0 Å². The van der Waals surface area contributed by atoms with Crippen LogP contribution in [0.25, 0.3) is 0 Å². The Hall–Kier alpha value is -0.250. The normalized spacial score (nSPS) is 22.9. The maximum atomic E-state index is 4.30. The smallest absolute Gasteiger partial charge is 0.176 e. The van der Waals surface area contributed by atoms with Gasteiger partial charge in [0.05, 0.1) is 0 Å². The Kier molecular flexibility index (Phi) is 3.38. The summed E-state index contributed by atoms with van der Waals surface area (Å²) in [6, 6.07) is 0.500. The molecule has 1 aliphatic heterocycles. The van der Waals surface area contributed by atoms with Gasteiger partial charge in [0, 0.05) is 12.6 Å². The summed E-state index contributed by atoms with van der Waals surface area (Å²) in [5, 5.41) is 6.60. The average molecular weight is 234 g/mol. The molecule has 0 saturated carbocycles. The van der Waals surface area contributed by atoms with Gasteiger partial charge in [-0.05, 0) is 36.2 Å². The fraction of sp³-hybridized carbons (Fsp3) is 0.875. The van der Waals surface area contributed by atoms with E-state index < -0.39 is 0 Å². The standard InChI is InChI=1S/C8H16BrN3/c1-4-5-12-8(9)11(6-10-12)7(2)3/h6-8H,4-5H2,1-3H3. The molecule has 0 spiro atoms. The third kappa shape index (κ3) is 1.91. The Morgan fingerprint density at radius 3 is 2.67 bits per heavy atom. The molecule has 0 amide bonds. The topological polar surface area (TPSA) is 18.8 Å². The highest BCUT2D eigenvalue weighted by Crippen LogP contribution is 2.20. The molecule has 0 N–H and O–H groups in total. The van der Waals surface area contributed by atoms with Crippen LogP contribution < -0.4 is 0 Å². The van der Waals surface area contributed by atoms with Crippen molar-refractivity contribution in [2.24, 2.45) is 5.10 Å². The van der Waals surface area contributed by atoms with E-state index in [2.05, 4.69) is 51.7 Å². The monoisotopic (exact) mass is 233 g/mol. The minimum absolute atomic E-state index is 0.248. The Balaban J connectivity index is 2.50. The maximum absolute atomic E-state index is 4.30. The highest BCUT2D eigenvalue weighted by molar-refractivity contribution is 9.09. The zero-order valence-electron chi connectivity index (χ0n) is 7.87. The van der Waals surface area contributed by atoms with Crippen molar-refractivity contribution in [2.75, 3.05) is 6.54 Å². The number of hydrazone groups is 1. The van der Waals surface area contributed by atoms with Gasteiger partial charge in [-0.15, -0.1) is 0 Å². The molecule has 1 rings (SSSR count). The number of hydrogen-bond donors (Lipinski definition) is 0. The molecular weight excluding hydrogens is 218 g/mol. The van der Waals surface area contributed by atoms with Gasteiger partial charge in [-0.2, -0.15) is 5.10 Å². The van der Waals surface area contributed by atoms with Gasteiger partial charge < -0.3 is 4.90 Å². The highest BCUT2D eigenvalue weighted by atomic mass is 79.9. The number of hydrogen-bond acceptors (Lipinski definition) is 3. The molecule has 0 bridgehead atoms. The van der Waals surface area contributed by atoms with E-state index >= 15 is 0 Å². The van der Waals surface area contributed by atoms with Gasteiger partial charge in [0.15, 0.2) is 5.08 Å². The van der Waals surface area contributed by atoms with Crippen molar-refractivity contribution >= 4 is 22.3 Å². The molecule has 12 heavy (non-hydrogen) atoms. The first-order valence-electron chi connectivity index (χ1n) is 4.39. The van der Waals surface area contributed by atoms with Crippen LogP contribution >= 0.6 is 15.9 Å². The molecule has 0 fully saturated rings. The summed E-state index contributed by atoms with van der Waals surface area (Å²) >= 11 is 3.60. The van der Waals surface area contributed by atoms with E-state index in [1.54, 1.807) is 0 Å². The molecule has 0 aliphatic carbocycles. The Morgan fingerprint density at radius 1 is 1.58 bits per heavy atom. The molecule has 3 nitrogen and oxygen atoms in total. The molecule has 0 aromatic rings. The second kappa shape index (κ2) is 4.12. The molecule has 0 radical (unpaired) electrons.